The van der Waals surface area contributed by atoms with Gasteiger partial charge in [-0.2, -0.15) is 0 Å². The molecule has 1 aliphatic rings. The molecule has 4 heteroatoms. The van der Waals surface area contributed by atoms with E-state index in [9.17, 15) is 5.11 Å². The van der Waals surface area contributed by atoms with Crippen LogP contribution in [0.5, 0.6) is 11.5 Å². The van der Waals surface area contributed by atoms with E-state index in [1.807, 2.05) is 6.07 Å². The third-order valence-corrected chi connectivity index (χ3v) is 2.80. The van der Waals surface area contributed by atoms with Crippen molar-refractivity contribution < 1.29 is 14.6 Å². The van der Waals surface area contributed by atoms with E-state index in [0.29, 0.717) is 5.75 Å². The Morgan fingerprint density at radius 3 is 2.75 bits per heavy atom. The van der Waals surface area contributed by atoms with Crippen LogP contribution in [0.1, 0.15) is 6.92 Å². The standard InChI is InChI=1S/C12H17NO3/c1-12(7-16-8-12)6-13-9-3-4-11(15-2)10(14)5-9/h3-5,13-14H,6-8H2,1-2H3. The van der Waals surface area contributed by atoms with Crippen LogP contribution in [0.3, 0.4) is 0 Å². The number of aromatic hydroxyl groups is 1. The number of nitrogens with one attached hydrogen (secondary N) is 1. The zero-order valence-electron chi connectivity index (χ0n) is 9.62. The molecule has 0 unspecified atom stereocenters. The minimum Gasteiger partial charge on any atom is -0.504 e. The minimum atomic E-state index is 0.155. The van der Waals surface area contributed by atoms with Crippen molar-refractivity contribution in [1.82, 2.24) is 0 Å². The molecular weight excluding hydrogens is 206 g/mol. The summed E-state index contributed by atoms with van der Waals surface area (Å²) in [4.78, 5) is 0. The molecule has 1 aliphatic heterocycles. The SMILES string of the molecule is COc1ccc(NCC2(C)COC2)cc1O. The summed E-state index contributed by atoms with van der Waals surface area (Å²) in [6, 6.07) is 5.31. The highest BCUT2D eigenvalue weighted by atomic mass is 16.5. The van der Waals surface area contributed by atoms with Crippen molar-refractivity contribution in [2.24, 2.45) is 5.41 Å². The van der Waals surface area contributed by atoms with E-state index in [0.717, 1.165) is 25.4 Å². The molecule has 88 valence electrons. The molecule has 0 aromatic heterocycles. The van der Waals surface area contributed by atoms with Gasteiger partial charge in [0, 0.05) is 23.7 Å². The molecule has 16 heavy (non-hydrogen) atoms. The van der Waals surface area contributed by atoms with Crippen molar-refractivity contribution >= 4 is 5.69 Å². The van der Waals surface area contributed by atoms with Gasteiger partial charge in [-0.25, -0.2) is 0 Å². The average molecular weight is 223 g/mol. The van der Waals surface area contributed by atoms with Gasteiger partial charge < -0.3 is 19.9 Å². The van der Waals surface area contributed by atoms with Crippen LogP contribution in [0.15, 0.2) is 18.2 Å². The van der Waals surface area contributed by atoms with Crippen molar-refractivity contribution in [3.8, 4) is 11.5 Å². The molecule has 1 heterocycles. The molecule has 1 aromatic rings. The largest absolute Gasteiger partial charge is 0.504 e. The monoisotopic (exact) mass is 223 g/mol. The number of phenols is 1. The number of rotatable bonds is 4. The quantitative estimate of drug-likeness (QED) is 0.818. The Labute approximate surface area is 95.2 Å². The zero-order chi connectivity index (χ0) is 11.6. The number of benzene rings is 1. The van der Waals surface area contributed by atoms with Gasteiger partial charge in [-0.3, -0.25) is 0 Å². The van der Waals surface area contributed by atoms with Gasteiger partial charge in [-0.1, -0.05) is 6.92 Å². The number of phenolic OH excluding ortho intramolecular Hbond substituents is 1. The van der Waals surface area contributed by atoms with Crippen LogP contribution < -0.4 is 10.1 Å². The first-order valence-corrected chi connectivity index (χ1v) is 5.32. The van der Waals surface area contributed by atoms with Gasteiger partial charge in [0.1, 0.15) is 0 Å². The fraction of sp³-hybridized carbons (Fsp3) is 0.500. The summed E-state index contributed by atoms with van der Waals surface area (Å²) >= 11 is 0. The fourth-order valence-corrected chi connectivity index (χ4v) is 1.67. The maximum absolute atomic E-state index is 9.60. The lowest BCUT2D eigenvalue weighted by Crippen LogP contribution is -2.45. The normalized spacial score (nSPS) is 17.6. The first-order valence-electron chi connectivity index (χ1n) is 5.32. The van der Waals surface area contributed by atoms with Gasteiger partial charge >= 0.3 is 0 Å². The van der Waals surface area contributed by atoms with Crippen LogP contribution in [0.2, 0.25) is 0 Å². The Morgan fingerprint density at radius 2 is 2.25 bits per heavy atom. The third kappa shape index (κ3) is 2.22. The second-order valence-electron chi connectivity index (χ2n) is 4.54. The molecule has 0 amide bonds. The number of anilines is 1. The summed E-state index contributed by atoms with van der Waals surface area (Å²) < 4.78 is 10.2. The molecule has 0 spiro atoms. The summed E-state index contributed by atoms with van der Waals surface area (Å²) in [5.74, 6) is 0.645. The maximum atomic E-state index is 9.60. The maximum Gasteiger partial charge on any atom is 0.160 e. The Bertz CT molecular complexity index is 375. The Hall–Kier alpha value is -1.42. The topological polar surface area (TPSA) is 50.7 Å². The van der Waals surface area contributed by atoms with Crippen molar-refractivity contribution in [1.29, 1.82) is 0 Å². The van der Waals surface area contributed by atoms with Gasteiger partial charge in [0.25, 0.3) is 0 Å². The second-order valence-corrected chi connectivity index (χ2v) is 4.54. The molecule has 1 aromatic carbocycles. The van der Waals surface area contributed by atoms with Gasteiger partial charge in [0.2, 0.25) is 0 Å². The van der Waals surface area contributed by atoms with E-state index in [2.05, 4.69) is 12.2 Å². The molecule has 0 aliphatic carbocycles. The van der Waals surface area contributed by atoms with Crippen LogP contribution in [0.25, 0.3) is 0 Å². The van der Waals surface area contributed by atoms with Crippen LogP contribution in [-0.2, 0) is 4.74 Å². The molecule has 2 N–H and O–H groups in total. The van der Waals surface area contributed by atoms with E-state index in [-0.39, 0.29) is 11.2 Å². The fourth-order valence-electron chi connectivity index (χ4n) is 1.67. The van der Waals surface area contributed by atoms with Crippen molar-refractivity contribution in [2.45, 2.75) is 6.92 Å². The van der Waals surface area contributed by atoms with E-state index in [1.54, 1.807) is 12.1 Å². The summed E-state index contributed by atoms with van der Waals surface area (Å²) in [5.41, 5.74) is 1.11. The van der Waals surface area contributed by atoms with Gasteiger partial charge in [-0.15, -0.1) is 0 Å². The molecule has 0 bridgehead atoms. The highest BCUT2D eigenvalue weighted by molar-refractivity contribution is 5.54. The van der Waals surface area contributed by atoms with Crippen molar-refractivity contribution in [3.05, 3.63) is 18.2 Å². The van der Waals surface area contributed by atoms with Crippen LogP contribution in [0, 0.1) is 5.41 Å². The molecule has 2 rings (SSSR count). The van der Waals surface area contributed by atoms with Crippen LogP contribution >= 0.6 is 0 Å². The molecule has 0 radical (unpaired) electrons. The van der Waals surface area contributed by atoms with Crippen molar-refractivity contribution in [3.63, 3.8) is 0 Å². The van der Waals surface area contributed by atoms with E-state index in [4.69, 9.17) is 9.47 Å². The predicted octanol–water partition coefficient (Wildman–Crippen LogP) is 1.85. The number of methoxy groups -OCH3 is 1. The summed E-state index contributed by atoms with van der Waals surface area (Å²) in [7, 11) is 1.54. The Morgan fingerprint density at radius 1 is 1.50 bits per heavy atom. The van der Waals surface area contributed by atoms with Crippen molar-refractivity contribution in [2.75, 3.05) is 32.2 Å². The number of ether oxygens (including phenoxy) is 2. The molecule has 4 nitrogen and oxygen atoms in total. The number of hydrogen-bond donors (Lipinski definition) is 2. The Kier molecular flexibility index (Phi) is 2.92. The van der Waals surface area contributed by atoms with Gasteiger partial charge in [0.05, 0.1) is 20.3 Å². The van der Waals surface area contributed by atoms with Gasteiger partial charge in [-0.05, 0) is 12.1 Å². The molecule has 0 saturated carbocycles. The number of hydrogen-bond acceptors (Lipinski definition) is 4. The summed E-state index contributed by atoms with van der Waals surface area (Å²) in [6.45, 7) is 4.61. The summed E-state index contributed by atoms with van der Waals surface area (Å²) in [6.07, 6.45) is 0. The second kappa shape index (κ2) is 4.22. The summed E-state index contributed by atoms with van der Waals surface area (Å²) in [5, 5.41) is 12.9. The molecule has 0 atom stereocenters. The van der Waals surface area contributed by atoms with E-state index in [1.165, 1.54) is 7.11 Å². The molecule has 1 fully saturated rings. The van der Waals surface area contributed by atoms with Crippen LogP contribution in [-0.4, -0.2) is 32.0 Å². The minimum absolute atomic E-state index is 0.155. The third-order valence-electron chi connectivity index (χ3n) is 2.80. The molecule has 1 saturated heterocycles. The highest BCUT2D eigenvalue weighted by Crippen LogP contribution is 2.30. The highest BCUT2D eigenvalue weighted by Gasteiger charge is 2.32. The lowest BCUT2D eigenvalue weighted by molar-refractivity contribution is -0.0924. The zero-order valence-corrected chi connectivity index (χ0v) is 9.62. The molecular formula is C12H17NO3. The van der Waals surface area contributed by atoms with E-state index >= 15 is 0 Å². The smallest absolute Gasteiger partial charge is 0.160 e. The lowest BCUT2D eigenvalue weighted by Gasteiger charge is -2.38. The van der Waals surface area contributed by atoms with Crippen LogP contribution in [0.4, 0.5) is 5.69 Å². The average Bonchev–Trinajstić information content (AvgIpc) is 2.24. The lowest BCUT2D eigenvalue weighted by atomic mass is 9.89. The first-order chi connectivity index (χ1) is 7.63. The predicted molar refractivity (Wildman–Crippen MR) is 62.1 cm³/mol. The van der Waals surface area contributed by atoms with Gasteiger partial charge in [0.15, 0.2) is 11.5 Å². The Balaban J connectivity index is 1.97. The first kappa shape index (κ1) is 11.1. The van der Waals surface area contributed by atoms with E-state index < -0.39 is 0 Å².